The van der Waals surface area contributed by atoms with E-state index in [0.29, 0.717) is 25.2 Å². The van der Waals surface area contributed by atoms with Gasteiger partial charge in [0.25, 0.3) is 5.91 Å². The molecule has 3 aliphatic heterocycles. The van der Waals surface area contributed by atoms with E-state index in [1.54, 1.807) is 17.3 Å². The minimum absolute atomic E-state index is 0.154. The molecule has 1 atom stereocenters. The fraction of sp³-hybridized carbons (Fsp3) is 0.700. The minimum Gasteiger partial charge on any atom is -0.387 e. The molecular formula is C20H26FN5O2. The van der Waals surface area contributed by atoms with Crippen molar-refractivity contribution in [1.82, 2.24) is 19.8 Å². The summed E-state index contributed by atoms with van der Waals surface area (Å²) in [6.45, 7) is 4.73. The van der Waals surface area contributed by atoms with Gasteiger partial charge < -0.3 is 9.74 Å². The predicted molar refractivity (Wildman–Crippen MR) is 100 cm³/mol. The Kier molecular flexibility index (Phi) is 4.15. The van der Waals surface area contributed by atoms with Gasteiger partial charge in [-0.3, -0.25) is 19.7 Å². The SMILES string of the molecule is Cc1cncc(CN2CCC[C@]3(CC(C(=O)N4CC(F)(C5CC5)C4)=NO3)C2)n1. The number of aryl methyl sites for hydroxylation is 1. The summed E-state index contributed by atoms with van der Waals surface area (Å²) < 4.78 is 14.5. The van der Waals surface area contributed by atoms with E-state index in [0.717, 1.165) is 43.6 Å². The zero-order valence-electron chi connectivity index (χ0n) is 16.2. The van der Waals surface area contributed by atoms with Crippen molar-refractivity contribution in [3.8, 4) is 0 Å². The second kappa shape index (κ2) is 6.47. The average molecular weight is 387 g/mol. The summed E-state index contributed by atoms with van der Waals surface area (Å²) in [4.78, 5) is 31.1. The van der Waals surface area contributed by atoms with Crippen LogP contribution in [0.5, 0.6) is 0 Å². The maximum absolute atomic E-state index is 14.5. The van der Waals surface area contributed by atoms with E-state index in [1.165, 1.54) is 0 Å². The second-order valence-corrected chi connectivity index (χ2v) is 8.93. The summed E-state index contributed by atoms with van der Waals surface area (Å²) in [5.74, 6) is -0.00578. The smallest absolute Gasteiger partial charge is 0.272 e. The standard InChI is InChI=1S/C20H26FN5O2/c1-14-8-22-9-16(23-14)10-25-6-2-5-19(11-25)7-17(24-28-19)18(27)26-12-20(21,13-26)15-3-4-15/h8-9,15H,2-7,10-13H2,1H3/t19-/m0/s1. The molecule has 3 fully saturated rings. The predicted octanol–water partition coefficient (Wildman–Crippen LogP) is 1.86. The summed E-state index contributed by atoms with van der Waals surface area (Å²) in [5, 5.41) is 4.13. The molecule has 1 aromatic rings. The number of likely N-dealkylation sites (tertiary alicyclic amines) is 2. The number of piperidine rings is 1. The summed E-state index contributed by atoms with van der Waals surface area (Å²) in [6.07, 6.45) is 7.80. The third-order valence-corrected chi connectivity index (χ3v) is 6.40. The van der Waals surface area contributed by atoms with Crippen molar-refractivity contribution < 1.29 is 14.0 Å². The topological polar surface area (TPSA) is 70.9 Å². The highest BCUT2D eigenvalue weighted by Crippen LogP contribution is 2.47. The first-order valence-electron chi connectivity index (χ1n) is 10.2. The molecule has 0 bridgehead atoms. The molecule has 0 radical (unpaired) electrons. The van der Waals surface area contributed by atoms with E-state index in [9.17, 15) is 9.18 Å². The van der Waals surface area contributed by atoms with Gasteiger partial charge in [0, 0.05) is 31.9 Å². The van der Waals surface area contributed by atoms with E-state index in [2.05, 4.69) is 20.0 Å². The van der Waals surface area contributed by atoms with Gasteiger partial charge in [-0.1, -0.05) is 5.16 Å². The first kappa shape index (κ1) is 18.0. The van der Waals surface area contributed by atoms with Crippen molar-refractivity contribution in [1.29, 1.82) is 0 Å². The van der Waals surface area contributed by atoms with Gasteiger partial charge >= 0.3 is 0 Å². The molecular weight excluding hydrogens is 361 g/mol. The van der Waals surface area contributed by atoms with Crippen LogP contribution < -0.4 is 0 Å². The van der Waals surface area contributed by atoms with E-state index in [1.807, 2.05) is 6.92 Å². The fourth-order valence-electron chi connectivity index (χ4n) is 4.77. The van der Waals surface area contributed by atoms with Gasteiger partial charge in [-0.25, -0.2) is 4.39 Å². The lowest BCUT2D eigenvalue weighted by molar-refractivity contribution is -0.139. The zero-order chi connectivity index (χ0) is 19.4. The molecule has 4 heterocycles. The van der Waals surface area contributed by atoms with Crippen molar-refractivity contribution in [3.05, 3.63) is 23.8 Å². The number of aromatic nitrogens is 2. The van der Waals surface area contributed by atoms with Crippen LogP contribution in [0.3, 0.4) is 0 Å². The normalized spacial score (nSPS) is 29.4. The third-order valence-electron chi connectivity index (χ3n) is 6.40. The van der Waals surface area contributed by atoms with Gasteiger partial charge in [0.1, 0.15) is 11.4 Å². The van der Waals surface area contributed by atoms with Gasteiger partial charge in [0.2, 0.25) is 0 Å². The van der Waals surface area contributed by atoms with E-state index < -0.39 is 11.3 Å². The van der Waals surface area contributed by atoms with Gasteiger partial charge in [0.05, 0.1) is 24.5 Å². The molecule has 4 aliphatic rings. The van der Waals surface area contributed by atoms with Crippen molar-refractivity contribution in [3.63, 3.8) is 0 Å². The lowest BCUT2D eigenvalue weighted by atomic mass is 9.86. The Morgan fingerprint density at radius 3 is 2.89 bits per heavy atom. The summed E-state index contributed by atoms with van der Waals surface area (Å²) >= 11 is 0. The molecule has 7 nitrogen and oxygen atoms in total. The lowest BCUT2D eigenvalue weighted by Gasteiger charge is -2.44. The van der Waals surface area contributed by atoms with Crippen LogP contribution in [0.4, 0.5) is 4.39 Å². The molecule has 150 valence electrons. The highest BCUT2D eigenvalue weighted by molar-refractivity contribution is 6.39. The largest absolute Gasteiger partial charge is 0.387 e. The summed E-state index contributed by atoms with van der Waals surface area (Å²) in [5.41, 5.74) is 0.669. The number of hydrogen-bond acceptors (Lipinski definition) is 6. The van der Waals surface area contributed by atoms with E-state index in [-0.39, 0.29) is 24.9 Å². The summed E-state index contributed by atoms with van der Waals surface area (Å²) in [7, 11) is 0. The molecule has 28 heavy (non-hydrogen) atoms. The molecule has 1 aromatic heterocycles. The van der Waals surface area contributed by atoms with Crippen LogP contribution in [0.25, 0.3) is 0 Å². The fourth-order valence-corrected chi connectivity index (χ4v) is 4.77. The third kappa shape index (κ3) is 3.27. The van der Waals surface area contributed by atoms with Crippen LogP contribution in [0.1, 0.15) is 43.5 Å². The number of amides is 1. The number of carbonyl (C=O) groups is 1. The van der Waals surface area contributed by atoms with Crippen LogP contribution in [-0.4, -0.2) is 68.8 Å². The maximum atomic E-state index is 14.5. The number of halogens is 1. The number of hydrogen-bond donors (Lipinski definition) is 0. The maximum Gasteiger partial charge on any atom is 0.272 e. The Bertz CT molecular complexity index is 821. The Labute approximate surface area is 163 Å². The molecule has 0 aromatic carbocycles. The highest BCUT2D eigenvalue weighted by atomic mass is 19.1. The van der Waals surface area contributed by atoms with Crippen molar-refractivity contribution >= 4 is 11.6 Å². The van der Waals surface area contributed by atoms with Crippen molar-refractivity contribution in [2.75, 3.05) is 26.2 Å². The summed E-state index contributed by atoms with van der Waals surface area (Å²) in [6, 6.07) is 0. The molecule has 5 rings (SSSR count). The molecule has 8 heteroatoms. The first-order valence-corrected chi connectivity index (χ1v) is 10.2. The van der Waals surface area contributed by atoms with Crippen molar-refractivity contribution in [2.24, 2.45) is 11.1 Å². The quantitative estimate of drug-likeness (QED) is 0.789. The van der Waals surface area contributed by atoms with Crippen LogP contribution in [-0.2, 0) is 16.2 Å². The van der Waals surface area contributed by atoms with Gasteiger partial charge in [-0.05, 0) is 45.1 Å². The number of carbonyl (C=O) groups excluding carboxylic acids is 1. The number of rotatable bonds is 4. The van der Waals surface area contributed by atoms with Crippen LogP contribution >= 0.6 is 0 Å². The van der Waals surface area contributed by atoms with Crippen LogP contribution in [0.15, 0.2) is 17.5 Å². The Balaban J connectivity index is 1.18. The monoisotopic (exact) mass is 387 g/mol. The first-order chi connectivity index (χ1) is 13.4. The van der Waals surface area contributed by atoms with Gasteiger partial charge in [-0.15, -0.1) is 0 Å². The van der Waals surface area contributed by atoms with Gasteiger partial charge in [0.15, 0.2) is 5.60 Å². The molecule has 1 spiro atoms. The number of oxime groups is 1. The Morgan fingerprint density at radius 2 is 2.14 bits per heavy atom. The Hall–Kier alpha value is -2.09. The minimum atomic E-state index is -1.16. The molecule has 1 amide bonds. The molecule has 0 unspecified atom stereocenters. The molecule has 0 N–H and O–H groups in total. The average Bonchev–Trinajstić information content (AvgIpc) is 3.42. The van der Waals surface area contributed by atoms with Gasteiger partial charge in [-0.2, -0.15) is 0 Å². The number of alkyl halides is 1. The number of nitrogens with zero attached hydrogens (tertiary/aromatic N) is 5. The lowest BCUT2D eigenvalue weighted by Crippen LogP contribution is -2.63. The second-order valence-electron chi connectivity index (χ2n) is 8.93. The molecule has 1 aliphatic carbocycles. The molecule has 2 saturated heterocycles. The molecule has 1 saturated carbocycles. The highest BCUT2D eigenvalue weighted by Gasteiger charge is 2.56. The van der Waals surface area contributed by atoms with Crippen LogP contribution in [0, 0.1) is 12.8 Å². The zero-order valence-corrected chi connectivity index (χ0v) is 16.2. The Morgan fingerprint density at radius 1 is 1.32 bits per heavy atom. The van der Waals surface area contributed by atoms with Crippen molar-refractivity contribution in [2.45, 2.75) is 56.8 Å². The van der Waals surface area contributed by atoms with E-state index >= 15 is 0 Å². The van der Waals surface area contributed by atoms with Crippen LogP contribution in [0.2, 0.25) is 0 Å². The van der Waals surface area contributed by atoms with E-state index in [4.69, 9.17) is 4.84 Å².